The number of rotatable bonds is 5. The lowest BCUT2D eigenvalue weighted by molar-refractivity contribution is -0.150. The van der Waals surface area contributed by atoms with Crippen molar-refractivity contribution in [3.63, 3.8) is 0 Å². The van der Waals surface area contributed by atoms with Crippen molar-refractivity contribution >= 4 is 5.97 Å². The fourth-order valence-corrected chi connectivity index (χ4v) is 1.92. The molecule has 0 aromatic rings. The number of carbonyl (C=O) groups is 1. The van der Waals surface area contributed by atoms with E-state index >= 15 is 0 Å². The van der Waals surface area contributed by atoms with Crippen LogP contribution < -0.4 is 0 Å². The van der Waals surface area contributed by atoms with Gasteiger partial charge < -0.3 is 14.7 Å². The van der Waals surface area contributed by atoms with Crippen LogP contribution in [0, 0.1) is 5.41 Å². The quantitative estimate of drug-likeness (QED) is 0.700. The summed E-state index contributed by atoms with van der Waals surface area (Å²) in [5.74, 6) is -0.654. The minimum atomic E-state index is -0.654. The van der Waals surface area contributed by atoms with E-state index in [1.807, 2.05) is 6.92 Å². The molecule has 0 spiro atoms. The fraction of sp³-hybridized carbons (Fsp3) is 0.909. The second-order valence-corrected chi connectivity index (χ2v) is 4.55. The van der Waals surface area contributed by atoms with Gasteiger partial charge in [0, 0.05) is 20.3 Å². The van der Waals surface area contributed by atoms with E-state index in [1.54, 1.807) is 7.11 Å². The lowest BCUT2D eigenvalue weighted by atomic mass is 9.80. The summed E-state index contributed by atoms with van der Waals surface area (Å²) in [5.41, 5.74) is -0.502. The number of ether oxygens (including phenoxy) is 1. The predicted molar refractivity (Wildman–Crippen MR) is 57.9 cm³/mol. The first kappa shape index (κ1) is 12.5. The van der Waals surface area contributed by atoms with E-state index < -0.39 is 11.4 Å². The van der Waals surface area contributed by atoms with Crippen molar-refractivity contribution in [2.24, 2.45) is 5.41 Å². The molecule has 1 heterocycles. The molecule has 1 saturated heterocycles. The highest BCUT2D eigenvalue weighted by Crippen LogP contribution is 2.30. The third-order valence-corrected chi connectivity index (χ3v) is 3.30. The first-order chi connectivity index (χ1) is 7.08. The van der Waals surface area contributed by atoms with E-state index in [2.05, 4.69) is 4.90 Å². The maximum atomic E-state index is 11.0. The van der Waals surface area contributed by atoms with Crippen LogP contribution in [-0.4, -0.2) is 49.3 Å². The number of hydrogen-bond acceptors (Lipinski definition) is 3. The highest BCUT2D eigenvalue weighted by molar-refractivity contribution is 5.74. The maximum Gasteiger partial charge on any atom is 0.309 e. The van der Waals surface area contributed by atoms with Crippen LogP contribution in [-0.2, 0) is 9.53 Å². The molecule has 0 radical (unpaired) electrons. The lowest BCUT2D eigenvalue weighted by Gasteiger charge is -2.36. The Balaban J connectivity index is 2.26. The van der Waals surface area contributed by atoms with Crippen LogP contribution in [0.1, 0.15) is 26.2 Å². The number of hydrogen-bond donors (Lipinski definition) is 1. The molecule has 0 saturated carbocycles. The van der Waals surface area contributed by atoms with Crippen molar-refractivity contribution < 1.29 is 14.6 Å². The minimum Gasteiger partial charge on any atom is -0.481 e. The third-order valence-electron chi connectivity index (χ3n) is 3.30. The normalized spacial score (nSPS) is 21.5. The Labute approximate surface area is 91.2 Å². The molecule has 0 aromatic carbocycles. The van der Waals surface area contributed by atoms with Crippen LogP contribution in [0.2, 0.25) is 0 Å². The molecule has 0 atom stereocenters. The third kappa shape index (κ3) is 3.47. The number of carboxylic acids is 1. The minimum absolute atomic E-state index is 0.502. The molecule has 4 heteroatoms. The Morgan fingerprint density at radius 1 is 1.47 bits per heavy atom. The largest absolute Gasteiger partial charge is 0.481 e. The Morgan fingerprint density at radius 3 is 2.53 bits per heavy atom. The number of carboxylic acid groups (broad SMARTS) is 1. The SMILES string of the molecule is COCCCN1CCC(C)(C(=O)O)CC1. The Morgan fingerprint density at radius 2 is 2.07 bits per heavy atom. The summed E-state index contributed by atoms with van der Waals surface area (Å²) in [6.45, 7) is 5.44. The summed E-state index contributed by atoms with van der Waals surface area (Å²) in [6, 6.07) is 0. The number of likely N-dealkylation sites (tertiary alicyclic amines) is 1. The molecule has 0 aliphatic carbocycles. The monoisotopic (exact) mass is 215 g/mol. The van der Waals surface area contributed by atoms with Crippen molar-refractivity contribution in [2.45, 2.75) is 26.2 Å². The molecule has 0 aromatic heterocycles. The smallest absolute Gasteiger partial charge is 0.309 e. The van der Waals surface area contributed by atoms with Gasteiger partial charge in [0.05, 0.1) is 5.41 Å². The topological polar surface area (TPSA) is 49.8 Å². The van der Waals surface area contributed by atoms with Gasteiger partial charge in [0.2, 0.25) is 0 Å². The number of piperidine rings is 1. The molecule has 1 aliphatic rings. The maximum absolute atomic E-state index is 11.0. The van der Waals surface area contributed by atoms with Gasteiger partial charge >= 0.3 is 5.97 Å². The van der Waals surface area contributed by atoms with Crippen LogP contribution in [0.4, 0.5) is 0 Å². The molecule has 4 nitrogen and oxygen atoms in total. The van der Waals surface area contributed by atoms with Gasteiger partial charge in [-0.1, -0.05) is 0 Å². The molecule has 15 heavy (non-hydrogen) atoms. The van der Waals surface area contributed by atoms with Gasteiger partial charge in [-0.05, 0) is 39.3 Å². The Bertz CT molecular complexity index is 210. The van der Waals surface area contributed by atoms with Gasteiger partial charge in [0.1, 0.15) is 0 Å². The van der Waals surface area contributed by atoms with Gasteiger partial charge in [0.25, 0.3) is 0 Å². The van der Waals surface area contributed by atoms with E-state index in [1.165, 1.54) is 0 Å². The summed E-state index contributed by atoms with van der Waals surface area (Å²) in [5, 5.41) is 9.06. The van der Waals surface area contributed by atoms with Gasteiger partial charge in [-0.25, -0.2) is 0 Å². The van der Waals surface area contributed by atoms with Crippen LogP contribution >= 0.6 is 0 Å². The van der Waals surface area contributed by atoms with E-state index in [-0.39, 0.29) is 0 Å². The molecule has 1 fully saturated rings. The van der Waals surface area contributed by atoms with E-state index in [0.29, 0.717) is 0 Å². The molecule has 0 unspecified atom stereocenters. The molecule has 0 bridgehead atoms. The van der Waals surface area contributed by atoms with Crippen LogP contribution in [0.5, 0.6) is 0 Å². The highest BCUT2D eigenvalue weighted by atomic mass is 16.5. The molecule has 0 amide bonds. The molecule has 88 valence electrons. The lowest BCUT2D eigenvalue weighted by Crippen LogP contribution is -2.43. The molecule has 1 rings (SSSR count). The number of methoxy groups -OCH3 is 1. The average Bonchev–Trinajstić information content (AvgIpc) is 2.21. The Hall–Kier alpha value is -0.610. The van der Waals surface area contributed by atoms with E-state index in [0.717, 1.165) is 45.5 Å². The molecular weight excluding hydrogens is 194 g/mol. The summed E-state index contributed by atoms with van der Waals surface area (Å²) in [7, 11) is 1.71. The predicted octanol–water partition coefficient (Wildman–Crippen LogP) is 1.21. The van der Waals surface area contributed by atoms with Crippen molar-refractivity contribution in [1.82, 2.24) is 4.90 Å². The van der Waals surface area contributed by atoms with E-state index in [4.69, 9.17) is 9.84 Å². The molecule has 1 aliphatic heterocycles. The van der Waals surface area contributed by atoms with Gasteiger partial charge in [-0.3, -0.25) is 4.79 Å². The standard InChI is InChI=1S/C11H21NO3/c1-11(10(13)14)4-7-12(8-5-11)6-3-9-15-2/h3-9H2,1-2H3,(H,13,14). The second kappa shape index (κ2) is 5.47. The van der Waals surface area contributed by atoms with Gasteiger partial charge in [-0.15, -0.1) is 0 Å². The van der Waals surface area contributed by atoms with E-state index in [9.17, 15) is 4.79 Å². The second-order valence-electron chi connectivity index (χ2n) is 4.55. The first-order valence-corrected chi connectivity index (χ1v) is 5.53. The fourth-order valence-electron chi connectivity index (χ4n) is 1.92. The average molecular weight is 215 g/mol. The molecule has 1 N–H and O–H groups in total. The van der Waals surface area contributed by atoms with Crippen molar-refractivity contribution in [3.05, 3.63) is 0 Å². The highest BCUT2D eigenvalue weighted by Gasteiger charge is 2.36. The van der Waals surface area contributed by atoms with Crippen molar-refractivity contribution in [3.8, 4) is 0 Å². The Kier molecular flexibility index (Phi) is 4.54. The van der Waals surface area contributed by atoms with Gasteiger partial charge in [0.15, 0.2) is 0 Å². The van der Waals surface area contributed by atoms with Crippen LogP contribution in [0.3, 0.4) is 0 Å². The van der Waals surface area contributed by atoms with Crippen molar-refractivity contribution in [2.75, 3.05) is 33.4 Å². The summed E-state index contributed by atoms with van der Waals surface area (Å²) < 4.78 is 4.99. The summed E-state index contributed by atoms with van der Waals surface area (Å²) >= 11 is 0. The van der Waals surface area contributed by atoms with Crippen LogP contribution in [0.15, 0.2) is 0 Å². The zero-order chi connectivity index (χ0) is 11.3. The number of nitrogens with zero attached hydrogens (tertiary/aromatic N) is 1. The summed E-state index contributed by atoms with van der Waals surface area (Å²) in [6.07, 6.45) is 2.55. The number of aliphatic carboxylic acids is 1. The summed E-state index contributed by atoms with van der Waals surface area (Å²) in [4.78, 5) is 13.3. The molecular formula is C11H21NO3. The van der Waals surface area contributed by atoms with Gasteiger partial charge in [-0.2, -0.15) is 0 Å². The van der Waals surface area contributed by atoms with Crippen LogP contribution in [0.25, 0.3) is 0 Å². The first-order valence-electron chi connectivity index (χ1n) is 5.53. The zero-order valence-corrected chi connectivity index (χ0v) is 9.66. The zero-order valence-electron chi connectivity index (χ0n) is 9.66. The van der Waals surface area contributed by atoms with Crippen molar-refractivity contribution in [1.29, 1.82) is 0 Å².